The van der Waals surface area contributed by atoms with Crippen molar-refractivity contribution in [2.75, 3.05) is 18.1 Å². The van der Waals surface area contributed by atoms with Crippen molar-refractivity contribution in [3.63, 3.8) is 0 Å². The van der Waals surface area contributed by atoms with Crippen LogP contribution >= 0.6 is 11.8 Å². The zero-order valence-electron chi connectivity index (χ0n) is 11.8. The van der Waals surface area contributed by atoms with Crippen LogP contribution in [0.4, 0.5) is 0 Å². The molecule has 3 heterocycles. The van der Waals surface area contributed by atoms with Crippen LogP contribution in [0.5, 0.6) is 5.88 Å². The van der Waals surface area contributed by atoms with Crippen molar-refractivity contribution < 1.29 is 17.6 Å². The van der Waals surface area contributed by atoms with E-state index in [9.17, 15) is 8.42 Å². The first-order chi connectivity index (χ1) is 10.6. The van der Waals surface area contributed by atoms with Crippen LogP contribution in [-0.4, -0.2) is 46.7 Å². The van der Waals surface area contributed by atoms with Crippen LogP contribution in [0.1, 0.15) is 19.3 Å². The summed E-state index contributed by atoms with van der Waals surface area (Å²) in [7, 11) is -2.91. The summed E-state index contributed by atoms with van der Waals surface area (Å²) in [6.45, 7) is 0.626. The Hall–Kier alpha value is -1.35. The van der Waals surface area contributed by atoms with Gasteiger partial charge in [0.05, 0.1) is 18.1 Å². The first-order valence-corrected chi connectivity index (χ1v) is 9.90. The lowest BCUT2D eigenvalue weighted by Gasteiger charge is -2.08. The number of sulfone groups is 1. The lowest BCUT2D eigenvalue weighted by molar-refractivity contribution is 0.289. The molecule has 1 saturated carbocycles. The second-order valence-corrected chi connectivity index (χ2v) is 9.21. The third kappa shape index (κ3) is 3.05. The zero-order chi connectivity index (χ0) is 15.2. The predicted octanol–water partition coefficient (Wildman–Crippen LogP) is 1.69. The van der Waals surface area contributed by atoms with Gasteiger partial charge in [-0.2, -0.15) is 9.97 Å². The van der Waals surface area contributed by atoms with Gasteiger partial charge < -0.3 is 9.15 Å². The van der Waals surface area contributed by atoms with E-state index in [1.54, 1.807) is 0 Å². The second kappa shape index (κ2) is 5.38. The quantitative estimate of drug-likeness (QED) is 0.758. The van der Waals surface area contributed by atoms with Gasteiger partial charge in [-0.25, -0.2) is 13.4 Å². The lowest BCUT2D eigenvalue weighted by atomic mass is 10.4. The van der Waals surface area contributed by atoms with E-state index >= 15 is 0 Å². The minimum absolute atomic E-state index is 0.0124. The molecule has 2 fully saturated rings. The molecule has 1 saturated heterocycles. The van der Waals surface area contributed by atoms with E-state index in [0.717, 1.165) is 0 Å². The van der Waals surface area contributed by atoms with Crippen LogP contribution in [-0.2, 0) is 9.84 Å². The van der Waals surface area contributed by atoms with Crippen molar-refractivity contribution in [3.8, 4) is 5.88 Å². The molecule has 1 aliphatic heterocycles. The minimum Gasteiger partial charge on any atom is -0.476 e. The molecule has 1 aliphatic carbocycles. The van der Waals surface area contributed by atoms with Crippen LogP contribution in [0.3, 0.4) is 0 Å². The predicted molar refractivity (Wildman–Crippen MR) is 80.7 cm³/mol. The third-order valence-corrected chi connectivity index (χ3v) is 6.87. The number of oxazole rings is 1. The highest BCUT2D eigenvalue weighted by Crippen LogP contribution is 2.33. The van der Waals surface area contributed by atoms with Crippen LogP contribution < -0.4 is 4.74 Å². The summed E-state index contributed by atoms with van der Waals surface area (Å²) in [4.78, 5) is 12.8. The lowest BCUT2D eigenvalue weighted by Crippen LogP contribution is -2.08. The van der Waals surface area contributed by atoms with E-state index in [-0.39, 0.29) is 16.8 Å². The van der Waals surface area contributed by atoms with Crippen molar-refractivity contribution in [2.24, 2.45) is 5.92 Å². The van der Waals surface area contributed by atoms with Gasteiger partial charge in [0.1, 0.15) is 0 Å². The Bertz CT molecular complexity index is 801. The summed E-state index contributed by atoms with van der Waals surface area (Å²) < 4.78 is 34.1. The highest BCUT2D eigenvalue weighted by atomic mass is 32.2. The minimum atomic E-state index is -2.91. The number of hydrogen-bond acceptors (Lipinski definition) is 8. The summed E-state index contributed by atoms with van der Waals surface area (Å²) in [5, 5.41) is 0.471. The Kier molecular flexibility index (Phi) is 3.48. The molecule has 0 spiro atoms. The monoisotopic (exact) mass is 341 g/mol. The summed E-state index contributed by atoms with van der Waals surface area (Å²) in [5.41, 5.74) is 0.896. The number of fused-ring (bicyclic) bond motifs is 1. The van der Waals surface area contributed by atoms with Crippen LogP contribution in [0.2, 0.25) is 0 Å². The van der Waals surface area contributed by atoms with Crippen LogP contribution in [0.15, 0.2) is 16.0 Å². The van der Waals surface area contributed by atoms with Gasteiger partial charge in [-0.05, 0) is 25.2 Å². The molecule has 0 aromatic carbocycles. The number of thioether (sulfide) groups is 1. The fourth-order valence-corrected chi connectivity index (χ4v) is 5.75. The van der Waals surface area contributed by atoms with Crippen LogP contribution in [0.25, 0.3) is 11.2 Å². The molecule has 1 atom stereocenters. The van der Waals surface area contributed by atoms with E-state index in [0.29, 0.717) is 41.2 Å². The van der Waals surface area contributed by atoms with Gasteiger partial charge in [0, 0.05) is 5.25 Å². The molecule has 0 bridgehead atoms. The molecule has 0 amide bonds. The number of hydrogen-bond donors (Lipinski definition) is 0. The van der Waals surface area contributed by atoms with Crippen molar-refractivity contribution in [1.29, 1.82) is 0 Å². The first-order valence-electron chi connectivity index (χ1n) is 7.20. The number of rotatable bonds is 5. The normalized spacial score (nSPS) is 23.9. The fraction of sp³-hybridized carbons (Fsp3) is 0.615. The number of aromatic nitrogens is 3. The highest BCUT2D eigenvalue weighted by molar-refractivity contribution is 8.01. The van der Waals surface area contributed by atoms with E-state index in [4.69, 9.17) is 9.15 Å². The first kappa shape index (κ1) is 14.3. The highest BCUT2D eigenvalue weighted by Gasteiger charge is 2.30. The van der Waals surface area contributed by atoms with E-state index < -0.39 is 9.84 Å². The Labute approximate surface area is 131 Å². The molecule has 7 nitrogen and oxygen atoms in total. The Balaban J connectivity index is 1.57. The number of nitrogens with zero attached hydrogens (tertiary/aromatic N) is 3. The fourth-order valence-electron chi connectivity index (χ4n) is 2.36. The Morgan fingerprint density at radius 1 is 1.32 bits per heavy atom. The average molecular weight is 341 g/mol. The zero-order valence-corrected chi connectivity index (χ0v) is 13.4. The molecule has 2 aromatic heterocycles. The summed E-state index contributed by atoms with van der Waals surface area (Å²) in [5.74, 6) is 1.44. The molecular formula is C13H15N3O4S2. The maximum absolute atomic E-state index is 11.5. The Morgan fingerprint density at radius 2 is 2.18 bits per heavy atom. The molecule has 4 rings (SSSR count). The summed E-state index contributed by atoms with van der Waals surface area (Å²) >= 11 is 1.37. The molecule has 2 aromatic rings. The topological polar surface area (TPSA) is 95.2 Å². The molecule has 0 radical (unpaired) electrons. The summed E-state index contributed by atoms with van der Waals surface area (Å²) in [6, 6.07) is 0. The second-order valence-electron chi connectivity index (χ2n) is 5.71. The average Bonchev–Trinajstić information content (AvgIpc) is 3.07. The maximum Gasteiger partial charge on any atom is 0.254 e. The smallest absolute Gasteiger partial charge is 0.254 e. The van der Waals surface area contributed by atoms with E-state index in [1.807, 2.05) is 0 Å². The molecule has 9 heteroatoms. The van der Waals surface area contributed by atoms with E-state index in [1.165, 1.54) is 31.0 Å². The molecular weight excluding hydrogens is 326 g/mol. The summed E-state index contributed by atoms with van der Waals surface area (Å²) in [6.07, 6.45) is 4.32. The van der Waals surface area contributed by atoms with Gasteiger partial charge in [-0.15, -0.1) is 0 Å². The van der Waals surface area contributed by atoms with Gasteiger partial charge in [-0.1, -0.05) is 11.8 Å². The van der Waals surface area contributed by atoms with Crippen LogP contribution in [0, 0.1) is 5.92 Å². The van der Waals surface area contributed by atoms with Gasteiger partial charge >= 0.3 is 0 Å². The molecule has 0 N–H and O–H groups in total. The van der Waals surface area contributed by atoms with E-state index in [2.05, 4.69) is 15.0 Å². The van der Waals surface area contributed by atoms with Gasteiger partial charge in [0.2, 0.25) is 5.88 Å². The molecule has 1 unspecified atom stereocenters. The van der Waals surface area contributed by atoms with Gasteiger partial charge in [-0.3, -0.25) is 0 Å². The molecule has 2 aliphatic rings. The standard InChI is InChI=1S/C13H15N3O4S2/c17-22(18)4-3-9(6-22)21-13-15-11(19-5-8-1-2-8)10-12(16-13)20-7-14-10/h7-9H,1-6H2. The number of ether oxygens (including phenoxy) is 1. The SMILES string of the molecule is O=S1(=O)CCC(Sc2nc(OCC3CC3)c3ncoc3n2)C1. The van der Waals surface area contributed by atoms with Crippen molar-refractivity contribution in [2.45, 2.75) is 29.7 Å². The van der Waals surface area contributed by atoms with Crippen molar-refractivity contribution >= 4 is 32.8 Å². The molecule has 118 valence electrons. The van der Waals surface area contributed by atoms with Gasteiger partial charge in [0.25, 0.3) is 5.71 Å². The molecule has 22 heavy (non-hydrogen) atoms. The third-order valence-electron chi connectivity index (χ3n) is 3.76. The van der Waals surface area contributed by atoms with Crippen molar-refractivity contribution in [3.05, 3.63) is 6.39 Å². The largest absolute Gasteiger partial charge is 0.476 e. The maximum atomic E-state index is 11.5. The Morgan fingerprint density at radius 3 is 2.91 bits per heavy atom. The van der Waals surface area contributed by atoms with Gasteiger partial charge in [0.15, 0.2) is 26.9 Å². The van der Waals surface area contributed by atoms with Crippen molar-refractivity contribution in [1.82, 2.24) is 15.0 Å².